The topological polar surface area (TPSA) is 80.3 Å². The van der Waals surface area contributed by atoms with Crippen molar-refractivity contribution in [2.24, 2.45) is 0 Å². The van der Waals surface area contributed by atoms with Crippen molar-refractivity contribution in [3.63, 3.8) is 0 Å². The first-order valence-electron chi connectivity index (χ1n) is 9.41. The van der Waals surface area contributed by atoms with Gasteiger partial charge in [-0.05, 0) is 50.2 Å². The summed E-state index contributed by atoms with van der Waals surface area (Å²) in [6, 6.07) is 6.38. The fraction of sp³-hybridized carbons (Fsp3) is 0.250. The van der Waals surface area contributed by atoms with Gasteiger partial charge in [-0.3, -0.25) is 4.40 Å². The molecular weight excluding hydrogens is 395 g/mol. The maximum absolute atomic E-state index is 13.5. The number of halogens is 2. The van der Waals surface area contributed by atoms with E-state index in [2.05, 4.69) is 20.6 Å². The Morgan fingerprint density at radius 3 is 2.90 bits per heavy atom. The van der Waals surface area contributed by atoms with Crippen molar-refractivity contribution in [1.82, 2.24) is 24.7 Å². The molecule has 0 atom stereocenters. The monoisotopic (exact) mass is 412 g/mol. The molecule has 4 heterocycles. The van der Waals surface area contributed by atoms with Crippen LogP contribution in [0.1, 0.15) is 12.8 Å². The molecule has 1 aliphatic heterocycles. The van der Waals surface area contributed by atoms with Crippen LogP contribution in [0.2, 0.25) is 5.02 Å². The number of oxazole rings is 1. The Hall–Kier alpha value is -2.97. The molecule has 4 aromatic rings. The Labute approximate surface area is 171 Å². The average Bonchev–Trinajstić information content (AvgIpc) is 3.30. The maximum Gasteiger partial charge on any atom is 0.306 e. The van der Waals surface area contributed by atoms with Crippen LogP contribution in [0.15, 0.2) is 47.3 Å². The van der Waals surface area contributed by atoms with Gasteiger partial charge in [-0.2, -0.15) is 4.98 Å². The number of nitrogens with zero attached hydrogens (tertiary/aromatic N) is 4. The van der Waals surface area contributed by atoms with Crippen molar-refractivity contribution < 1.29 is 8.81 Å². The van der Waals surface area contributed by atoms with Crippen LogP contribution in [0.25, 0.3) is 28.5 Å². The summed E-state index contributed by atoms with van der Waals surface area (Å²) in [6.45, 7) is 1.95. The molecule has 1 fully saturated rings. The van der Waals surface area contributed by atoms with E-state index in [0.717, 1.165) is 25.9 Å². The summed E-state index contributed by atoms with van der Waals surface area (Å²) < 4.78 is 20.8. The minimum atomic E-state index is -0.404. The molecule has 148 valence electrons. The zero-order valence-electron chi connectivity index (χ0n) is 15.4. The molecule has 0 amide bonds. The van der Waals surface area contributed by atoms with Gasteiger partial charge in [-0.25, -0.2) is 14.4 Å². The summed E-state index contributed by atoms with van der Waals surface area (Å²) >= 11 is 6.31. The van der Waals surface area contributed by atoms with E-state index in [0.29, 0.717) is 40.5 Å². The molecule has 9 heteroatoms. The Morgan fingerprint density at radius 2 is 2.07 bits per heavy atom. The third kappa shape index (κ3) is 3.45. The second-order valence-electron chi connectivity index (χ2n) is 6.92. The van der Waals surface area contributed by atoms with Crippen LogP contribution in [0.5, 0.6) is 0 Å². The number of fused-ring (bicyclic) bond motifs is 1. The lowest BCUT2D eigenvalue weighted by molar-refractivity contribution is 0.477. The highest BCUT2D eigenvalue weighted by Crippen LogP contribution is 2.36. The van der Waals surface area contributed by atoms with E-state index in [1.807, 2.05) is 6.07 Å². The lowest BCUT2D eigenvalue weighted by Gasteiger charge is -2.23. The van der Waals surface area contributed by atoms with Gasteiger partial charge in [0.15, 0.2) is 0 Å². The number of nitrogens with one attached hydrogen (secondary N) is 2. The largest absolute Gasteiger partial charge is 0.432 e. The minimum absolute atomic E-state index is 0.272. The van der Waals surface area contributed by atoms with E-state index >= 15 is 0 Å². The molecule has 0 bridgehead atoms. The molecule has 2 N–H and O–H groups in total. The molecule has 0 unspecified atom stereocenters. The molecule has 0 radical (unpaired) electrons. The molecule has 0 aliphatic carbocycles. The number of anilines is 1. The number of aromatic nitrogens is 4. The SMILES string of the molecule is Fc1ccc(-c2nc3occn3c2-c2ccnc(NC3CCNCC3)n2)c(Cl)c1. The lowest BCUT2D eigenvalue weighted by Crippen LogP contribution is -2.35. The van der Waals surface area contributed by atoms with Crippen molar-refractivity contribution in [1.29, 1.82) is 0 Å². The summed E-state index contributed by atoms with van der Waals surface area (Å²) in [5, 5.41) is 7.03. The van der Waals surface area contributed by atoms with Gasteiger partial charge in [-0.15, -0.1) is 0 Å². The van der Waals surface area contributed by atoms with Crippen LogP contribution in [-0.4, -0.2) is 38.5 Å². The maximum atomic E-state index is 13.5. The lowest BCUT2D eigenvalue weighted by atomic mass is 10.1. The molecule has 0 spiro atoms. The van der Waals surface area contributed by atoms with Gasteiger partial charge in [0.05, 0.1) is 10.7 Å². The fourth-order valence-corrected chi connectivity index (χ4v) is 3.87. The van der Waals surface area contributed by atoms with Crippen molar-refractivity contribution in [3.05, 3.63) is 53.8 Å². The number of piperidine rings is 1. The van der Waals surface area contributed by atoms with E-state index in [9.17, 15) is 4.39 Å². The van der Waals surface area contributed by atoms with E-state index in [-0.39, 0.29) is 5.02 Å². The zero-order chi connectivity index (χ0) is 19.8. The van der Waals surface area contributed by atoms with Crippen LogP contribution < -0.4 is 10.6 Å². The van der Waals surface area contributed by atoms with Gasteiger partial charge in [0.2, 0.25) is 5.95 Å². The molecule has 29 heavy (non-hydrogen) atoms. The predicted molar refractivity (Wildman–Crippen MR) is 108 cm³/mol. The minimum Gasteiger partial charge on any atom is -0.432 e. The normalized spacial score (nSPS) is 15.1. The highest BCUT2D eigenvalue weighted by atomic mass is 35.5. The van der Waals surface area contributed by atoms with Gasteiger partial charge >= 0.3 is 5.84 Å². The molecule has 1 aliphatic rings. The smallest absolute Gasteiger partial charge is 0.306 e. The summed E-state index contributed by atoms with van der Waals surface area (Å²) in [5.74, 6) is 0.560. The second-order valence-corrected chi connectivity index (χ2v) is 7.33. The summed E-state index contributed by atoms with van der Waals surface area (Å²) in [5.41, 5.74) is 2.55. The molecular formula is C20H18ClFN6O. The first-order valence-corrected chi connectivity index (χ1v) is 9.78. The number of benzene rings is 1. The van der Waals surface area contributed by atoms with Crippen molar-refractivity contribution in [3.8, 4) is 22.6 Å². The average molecular weight is 413 g/mol. The van der Waals surface area contributed by atoms with Crippen molar-refractivity contribution in [2.45, 2.75) is 18.9 Å². The van der Waals surface area contributed by atoms with Crippen LogP contribution >= 0.6 is 11.6 Å². The summed E-state index contributed by atoms with van der Waals surface area (Å²) in [4.78, 5) is 13.6. The Kier molecular flexibility index (Phi) is 4.65. The van der Waals surface area contributed by atoms with Crippen LogP contribution in [0.3, 0.4) is 0 Å². The molecule has 7 nitrogen and oxygen atoms in total. The Bertz CT molecular complexity index is 1170. The molecule has 1 saturated heterocycles. The first kappa shape index (κ1) is 18.1. The third-order valence-corrected chi connectivity index (χ3v) is 5.33. The molecule has 0 saturated carbocycles. The predicted octanol–water partition coefficient (Wildman–Crippen LogP) is 4.01. The Morgan fingerprint density at radius 1 is 1.21 bits per heavy atom. The standard InChI is InChI=1S/C20H18ClFN6O/c21-15-11-12(22)1-2-14(15)17-18(28-9-10-29-20(28)27-17)16-5-8-24-19(26-16)25-13-3-6-23-7-4-13/h1-2,5,8-11,13,23H,3-4,6-7H2,(H,24,25,26). The fourth-order valence-electron chi connectivity index (χ4n) is 3.61. The van der Waals surface area contributed by atoms with Crippen LogP contribution in [0.4, 0.5) is 10.3 Å². The molecule has 1 aromatic carbocycles. The van der Waals surface area contributed by atoms with Gasteiger partial charge < -0.3 is 15.1 Å². The second kappa shape index (κ2) is 7.46. The van der Waals surface area contributed by atoms with E-state index in [4.69, 9.17) is 21.0 Å². The Balaban J connectivity index is 1.59. The summed E-state index contributed by atoms with van der Waals surface area (Å²) in [7, 11) is 0. The van der Waals surface area contributed by atoms with Gasteiger partial charge in [0.25, 0.3) is 0 Å². The zero-order valence-corrected chi connectivity index (χ0v) is 16.2. The highest BCUT2D eigenvalue weighted by molar-refractivity contribution is 6.33. The number of imidazole rings is 1. The van der Waals surface area contributed by atoms with Crippen LogP contribution in [0, 0.1) is 5.82 Å². The highest BCUT2D eigenvalue weighted by Gasteiger charge is 2.22. The van der Waals surface area contributed by atoms with Gasteiger partial charge in [0.1, 0.15) is 23.5 Å². The summed E-state index contributed by atoms with van der Waals surface area (Å²) in [6.07, 6.45) is 7.06. The van der Waals surface area contributed by atoms with E-state index < -0.39 is 5.82 Å². The van der Waals surface area contributed by atoms with Crippen LogP contribution in [-0.2, 0) is 0 Å². The number of rotatable bonds is 4. The van der Waals surface area contributed by atoms with Gasteiger partial charge in [-0.1, -0.05) is 11.6 Å². The quantitative estimate of drug-likeness (QED) is 0.527. The molecule has 3 aromatic heterocycles. The van der Waals surface area contributed by atoms with Crippen molar-refractivity contribution >= 4 is 23.4 Å². The van der Waals surface area contributed by atoms with Gasteiger partial charge in [0, 0.05) is 24.0 Å². The third-order valence-electron chi connectivity index (χ3n) is 5.02. The molecule has 5 rings (SSSR count). The van der Waals surface area contributed by atoms with E-state index in [1.165, 1.54) is 12.1 Å². The van der Waals surface area contributed by atoms with Crippen molar-refractivity contribution in [2.75, 3.05) is 18.4 Å². The number of hydrogen-bond donors (Lipinski definition) is 2. The number of hydrogen-bond acceptors (Lipinski definition) is 6. The van der Waals surface area contributed by atoms with E-state index in [1.54, 1.807) is 29.1 Å². The first-order chi connectivity index (χ1) is 14.2.